The smallest absolute Gasteiger partial charge is 0.338 e. The van der Waals surface area contributed by atoms with Gasteiger partial charge in [0.1, 0.15) is 0 Å². The van der Waals surface area contributed by atoms with E-state index in [0.29, 0.717) is 37.7 Å². The highest BCUT2D eigenvalue weighted by Gasteiger charge is 2.33. The van der Waals surface area contributed by atoms with Crippen molar-refractivity contribution in [2.45, 2.75) is 19.9 Å². The fraction of sp³-hybridized carbons (Fsp3) is 0.296. The molecule has 1 aliphatic rings. The van der Waals surface area contributed by atoms with E-state index in [1.165, 1.54) is 11.3 Å². The van der Waals surface area contributed by atoms with Gasteiger partial charge < -0.3 is 19.1 Å². The van der Waals surface area contributed by atoms with Crippen LogP contribution in [0.15, 0.2) is 61.9 Å². The molecule has 0 aliphatic carbocycles. The lowest BCUT2D eigenvalue weighted by Crippen LogP contribution is -2.40. The van der Waals surface area contributed by atoms with Gasteiger partial charge in [-0.25, -0.2) is 9.79 Å². The molecule has 10 heteroatoms. The maximum atomic E-state index is 13.8. The average Bonchev–Trinajstić information content (AvgIpc) is 3.16. The summed E-state index contributed by atoms with van der Waals surface area (Å²) < 4.78 is 19.2. The first kappa shape index (κ1) is 26.7. The summed E-state index contributed by atoms with van der Waals surface area (Å²) in [5, 5.41) is 0. The normalized spacial score (nSPS) is 15.2. The molecule has 1 atom stereocenters. The molecule has 194 valence electrons. The van der Waals surface area contributed by atoms with E-state index in [1.54, 1.807) is 44.8 Å². The molecule has 0 bridgehead atoms. The number of anilines is 1. The van der Waals surface area contributed by atoms with Crippen LogP contribution in [0.5, 0.6) is 11.5 Å². The van der Waals surface area contributed by atoms with Gasteiger partial charge in [-0.05, 0) is 71.2 Å². The van der Waals surface area contributed by atoms with E-state index in [1.807, 2.05) is 49.3 Å². The second kappa shape index (κ2) is 10.9. The summed E-state index contributed by atoms with van der Waals surface area (Å²) in [6.07, 6.45) is 1.84. The van der Waals surface area contributed by atoms with E-state index in [4.69, 9.17) is 14.2 Å². The Morgan fingerprint density at radius 3 is 2.51 bits per heavy atom. The van der Waals surface area contributed by atoms with Crippen molar-refractivity contribution in [3.05, 3.63) is 83.0 Å². The number of aromatic nitrogens is 1. The number of fused-ring (bicyclic) bond motifs is 1. The lowest BCUT2D eigenvalue weighted by molar-refractivity contribution is -0.139. The van der Waals surface area contributed by atoms with Crippen LogP contribution in [0.25, 0.3) is 6.08 Å². The fourth-order valence-electron chi connectivity index (χ4n) is 4.26. The van der Waals surface area contributed by atoms with Crippen LogP contribution >= 0.6 is 27.3 Å². The van der Waals surface area contributed by atoms with Crippen molar-refractivity contribution in [1.82, 2.24) is 4.57 Å². The van der Waals surface area contributed by atoms with Crippen molar-refractivity contribution in [3.8, 4) is 11.5 Å². The molecule has 0 unspecified atom stereocenters. The molecule has 1 aliphatic heterocycles. The molecule has 3 aromatic rings. The summed E-state index contributed by atoms with van der Waals surface area (Å²) in [6, 6.07) is 10.5. The van der Waals surface area contributed by atoms with Gasteiger partial charge in [-0.3, -0.25) is 9.36 Å². The fourth-order valence-corrected chi connectivity index (χ4v) is 6.05. The van der Waals surface area contributed by atoms with Gasteiger partial charge >= 0.3 is 5.97 Å². The van der Waals surface area contributed by atoms with E-state index in [0.717, 1.165) is 15.7 Å². The molecule has 0 radical (unpaired) electrons. The van der Waals surface area contributed by atoms with Gasteiger partial charge in [0.2, 0.25) is 0 Å². The number of nitrogens with zero attached hydrogens (tertiary/aromatic N) is 3. The molecular weight excluding hydrogens is 558 g/mol. The molecule has 0 spiro atoms. The number of ether oxygens (including phenoxy) is 3. The maximum absolute atomic E-state index is 13.8. The topological polar surface area (TPSA) is 82.4 Å². The number of carbonyl (C=O) groups is 1. The number of carbonyl (C=O) groups excluding carboxylic acids is 1. The lowest BCUT2D eigenvalue weighted by Gasteiger charge is -2.25. The van der Waals surface area contributed by atoms with Crippen LogP contribution in [0.1, 0.15) is 31.0 Å². The minimum atomic E-state index is -0.736. The van der Waals surface area contributed by atoms with Crippen molar-refractivity contribution in [2.75, 3.05) is 39.8 Å². The molecule has 1 aromatic heterocycles. The summed E-state index contributed by atoms with van der Waals surface area (Å²) in [5.41, 5.74) is 3.15. The van der Waals surface area contributed by atoms with E-state index in [-0.39, 0.29) is 12.2 Å². The minimum absolute atomic E-state index is 0.205. The Balaban J connectivity index is 1.94. The van der Waals surface area contributed by atoms with Crippen molar-refractivity contribution in [2.24, 2.45) is 4.99 Å². The molecule has 0 amide bonds. The highest BCUT2D eigenvalue weighted by atomic mass is 79.9. The maximum Gasteiger partial charge on any atom is 0.338 e. The Hall–Kier alpha value is -3.37. The highest BCUT2D eigenvalue weighted by molar-refractivity contribution is 9.10. The average molecular weight is 587 g/mol. The molecule has 0 N–H and O–H groups in total. The summed E-state index contributed by atoms with van der Waals surface area (Å²) in [5.74, 6) is 0.524. The number of thiazole rings is 1. The van der Waals surface area contributed by atoms with E-state index < -0.39 is 12.0 Å². The first-order valence-electron chi connectivity index (χ1n) is 11.6. The third kappa shape index (κ3) is 5.08. The molecule has 0 saturated heterocycles. The summed E-state index contributed by atoms with van der Waals surface area (Å²) in [6.45, 7) is 3.71. The number of allylic oxidation sites excluding steroid dienone is 1. The van der Waals surface area contributed by atoms with Crippen LogP contribution in [0, 0.1) is 0 Å². The number of hydrogen-bond acceptors (Lipinski definition) is 8. The molecule has 2 aromatic carbocycles. The van der Waals surface area contributed by atoms with Gasteiger partial charge in [-0.15, -0.1) is 0 Å². The van der Waals surface area contributed by atoms with Crippen LogP contribution in [0.4, 0.5) is 5.69 Å². The van der Waals surface area contributed by atoms with E-state index in [2.05, 4.69) is 20.9 Å². The summed E-state index contributed by atoms with van der Waals surface area (Å²) in [7, 11) is 7.03. The zero-order chi connectivity index (χ0) is 26.9. The molecule has 37 heavy (non-hydrogen) atoms. The number of methoxy groups -OCH3 is 2. The monoisotopic (exact) mass is 585 g/mol. The minimum Gasteiger partial charge on any atom is -0.493 e. The summed E-state index contributed by atoms with van der Waals surface area (Å²) >= 11 is 4.89. The van der Waals surface area contributed by atoms with Crippen LogP contribution in [-0.2, 0) is 9.53 Å². The molecule has 0 fully saturated rings. The van der Waals surface area contributed by atoms with Gasteiger partial charge in [-0.1, -0.05) is 23.5 Å². The standard InChI is InChI=1S/C27H28BrN3O5S/c1-7-36-26(33)23-15(2)29-27-31(24(23)17-9-11-20(34-5)21(14-17)35-6)25(32)22(37-27)13-16-8-10-19(30(3)4)18(28)12-16/h8-14,24H,7H2,1-6H3/b22-13-/t24-/m0/s1. The molecule has 4 rings (SSSR count). The first-order valence-corrected chi connectivity index (χ1v) is 13.2. The third-order valence-corrected chi connectivity index (χ3v) is 7.61. The number of benzene rings is 2. The number of rotatable bonds is 7. The van der Waals surface area contributed by atoms with Gasteiger partial charge in [0.05, 0.1) is 48.4 Å². The van der Waals surface area contributed by atoms with Crippen LogP contribution in [0.2, 0.25) is 0 Å². The summed E-state index contributed by atoms with van der Waals surface area (Å²) in [4.78, 5) is 34.0. The van der Waals surface area contributed by atoms with Crippen LogP contribution in [0.3, 0.4) is 0 Å². The number of halogens is 1. The van der Waals surface area contributed by atoms with Crippen LogP contribution in [-0.4, -0.2) is 45.5 Å². The second-order valence-corrected chi connectivity index (χ2v) is 10.4. The predicted octanol–water partition coefficient (Wildman–Crippen LogP) is 3.64. The number of hydrogen-bond donors (Lipinski definition) is 0. The lowest BCUT2D eigenvalue weighted by atomic mass is 9.95. The van der Waals surface area contributed by atoms with Crippen molar-refractivity contribution >= 4 is 45.0 Å². The molecule has 2 heterocycles. The highest BCUT2D eigenvalue weighted by Crippen LogP contribution is 2.36. The SMILES string of the molecule is CCOC(=O)C1=C(C)N=c2s/c(=C\c3ccc(N(C)C)c(Br)c3)c(=O)n2[C@H]1c1ccc(OC)c(OC)c1. The zero-order valence-corrected chi connectivity index (χ0v) is 23.9. The van der Waals surface area contributed by atoms with E-state index in [9.17, 15) is 9.59 Å². The molecule has 0 saturated carbocycles. The zero-order valence-electron chi connectivity index (χ0n) is 21.5. The predicted molar refractivity (Wildman–Crippen MR) is 148 cm³/mol. The van der Waals surface area contributed by atoms with Crippen molar-refractivity contribution in [3.63, 3.8) is 0 Å². The second-order valence-electron chi connectivity index (χ2n) is 8.52. The quantitative estimate of drug-likeness (QED) is 0.394. The Kier molecular flexibility index (Phi) is 7.89. The van der Waals surface area contributed by atoms with Gasteiger partial charge in [-0.2, -0.15) is 0 Å². The Bertz CT molecular complexity index is 1570. The Labute approximate surface area is 227 Å². The van der Waals surface area contributed by atoms with Crippen LogP contribution < -0.4 is 29.3 Å². The van der Waals surface area contributed by atoms with Crippen molar-refractivity contribution < 1.29 is 19.0 Å². The Morgan fingerprint density at radius 2 is 1.89 bits per heavy atom. The van der Waals surface area contributed by atoms with Gasteiger partial charge in [0.25, 0.3) is 5.56 Å². The first-order chi connectivity index (χ1) is 17.7. The van der Waals surface area contributed by atoms with Gasteiger partial charge in [0.15, 0.2) is 16.3 Å². The molecule has 8 nitrogen and oxygen atoms in total. The molecular formula is C27H28BrN3O5S. The largest absolute Gasteiger partial charge is 0.493 e. The Morgan fingerprint density at radius 1 is 1.16 bits per heavy atom. The number of esters is 1. The third-order valence-electron chi connectivity index (χ3n) is 5.99. The van der Waals surface area contributed by atoms with Gasteiger partial charge in [0, 0.05) is 18.6 Å². The van der Waals surface area contributed by atoms with E-state index >= 15 is 0 Å². The van der Waals surface area contributed by atoms with Crippen molar-refractivity contribution in [1.29, 1.82) is 0 Å².